The molecule has 8 aromatic carbocycles. The van der Waals surface area contributed by atoms with Crippen molar-refractivity contribution >= 4 is 76.4 Å². The van der Waals surface area contributed by atoms with Crippen molar-refractivity contribution in [1.82, 2.24) is 9.55 Å². The molecule has 0 fully saturated rings. The van der Waals surface area contributed by atoms with Crippen molar-refractivity contribution < 1.29 is 8.83 Å². The van der Waals surface area contributed by atoms with Crippen molar-refractivity contribution in [2.45, 2.75) is 0 Å². The highest BCUT2D eigenvalue weighted by atomic mass is 16.3. The summed E-state index contributed by atoms with van der Waals surface area (Å²) in [4.78, 5) is 4.83. The molecule has 226 valence electrons. The van der Waals surface area contributed by atoms with Crippen LogP contribution in [0.25, 0.3) is 116 Å². The molecule has 12 rings (SSSR count). The van der Waals surface area contributed by atoms with Gasteiger partial charge in [0.25, 0.3) is 0 Å². The molecule has 11 aromatic rings. The van der Waals surface area contributed by atoms with E-state index in [-0.39, 0.29) is 0 Å². The van der Waals surface area contributed by atoms with Crippen LogP contribution in [0.2, 0.25) is 0 Å². The van der Waals surface area contributed by atoms with Gasteiger partial charge in [-0.05, 0) is 86.9 Å². The van der Waals surface area contributed by atoms with Gasteiger partial charge in [0.2, 0.25) is 5.89 Å². The van der Waals surface area contributed by atoms with E-state index < -0.39 is 0 Å². The number of rotatable bonds is 2. The second kappa shape index (κ2) is 9.03. The first-order valence-corrected chi connectivity index (χ1v) is 16.6. The molecule has 49 heavy (non-hydrogen) atoms. The highest BCUT2D eigenvalue weighted by Crippen LogP contribution is 2.51. The summed E-state index contributed by atoms with van der Waals surface area (Å²) in [7, 11) is 0. The van der Waals surface area contributed by atoms with Gasteiger partial charge in [0.05, 0.1) is 22.1 Å². The molecule has 0 saturated carbocycles. The van der Waals surface area contributed by atoms with E-state index >= 15 is 0 Å². The quantitative estimate of drug-likeness (QED) is 0.192. The van der Waals surface area contributed by atoms with E-state index in [1.807, 2.05) is 30.3 Å². The molecule has 0 saturated heterocycles. The van der Waals surface area contributed by atoms with Gasteiger partial charge in [0, 0.05) is 27.1 Å². The van der Waals surface area contributed by atoms with Gasteiger partial charge in [0.1, 0.15) is 16.7 Å². The van der Waals surface area contributed by atoms with Crippen LogP contribution in [-0.2, 0) is 0 Å². The summed E-state index contributed by atoms with van der Waals surface area (Å²) in [5.74, 6) is 0.598. The van der Waals surface area contributed by atoms with Gasteiger partial charge in [0.15, 0.2) is 5.58 Å². The molecule has 3 heterocycles. The van der Waals surface area contributed by atoms with E-state index in [9.17, 15) is 0 Å². The number of para-hydroxylation sites is 2. The third-order valence-electron chi connectivity index (χ3n) is 10.5. The predicted molar refractivity (Wildman–Crippen MR) is 201 cm³/mol. The number of aromatic nitrogens is 2. The van der Waals surface area contributed by atoms with Gasteiger partial charge in [-0.3, -0.25) is 0 Å². The summed E-state index contributed by atoms with van der Waals surface area (Å²) in [5, 5.41) is 9.43. The number of oxazole rings is 1. The normalized spacial score (nSPS) is 12.5. The minimum atomic E-state index is 0.598. The smallest absolute Gasteiger partial charge is 0.227 e. The fourth-order valence-electron chi connectivity index (χ4n) is 8.48. The van der Waals surface area contributed by atoms with E-state index in [0.717, 1.165) is 55.1 Å². The summed E-state index contributed by atoms with van der Waals surface area (Å²) in [5.41, 5.74) is 12.7. The standard InChI is InChI=1S/C45H24N2O2/c1-2-11-28-26(9-1)24-37(42-33-23-27(20-22-38(33)48-44(28)42)45-46-34-16-5-6-18-39(34)49-45)47-35-17-8-15-32-30-13-4-3-12-29(30)31-14-7-10-25-19-21-36(47)43(40(25)31)41(32)35/h1-24H. The lowest BCUT2D eigenvalue weighted by atomic mass is 9.93. The summed E-state index contributed by atoms with van der Waals surface area (Å²) in [6.07, 6.45) is 0. The van der Waals surface area contributed by atoms with Crippen LogP contribution in [-0.4, -0.2) is 9.55 Å². The molecule has 0 atom stereocenters. The zero-order valence-electron chi connectivity index (χ0n) is 26.1. The van der Waals surface area contributed by atoms with E-state index in [4.69, 9.17) is 13.8 Å². The zero-order valence-corrected chi connectivity index (χ0v) is 26.1. The minimum Gasteiger partial charge on any atom is -0.455 e. The topological polar surface area (TPSA) is 44.1 Å². The first-order valence-electron chi connectivity index (χ1n) is 16.6. The maximum Gasteiger partial charge on any atom is 0.227 e. The monoisotopic (exact) mass is 624 g/mol. The van der Waals surface area contributed by atoms with Crippen LogP contribution in [0.3, 0.4) is 0 Å². The second-order valence-corrected chi connectivity index (χ2v) is 13.1. The van der Waals surface area contributed by atoms with Crippen LogP contribution in [0.4, 0.5) is 0 Å². The minimum absolute atomic E-state index is 0.598. The summed E-state index contributed by atoms with van der Waals surface area (Å²) >= 11 is 0. The summed E-state index contributed by atoms with van der Waals surface area (Å²) in [6, 6.07) is 51.9. The van der Waals surface area contributed by atoms with Gasteiger partial charge < -0.3 is 13.4 Å². The Kier molecular flexibility index (Phi) is 4.69. The van der Waals surface area contributed by atoms with Crippen molar-refractivity contribution in [3.8, 4) is 39.4 Å². The van der Waals surface area contributed by atoms with Crippen LogP contribution in [0, 0.1) is 0 Å². The fourth-order valence-corrected chi connectivity index (χ4v) is 8.48. The number of benzene rings is 8. The molecule has 4 heteroatoms. The highest BCUT2D eigenvalue weighted by molar-refractivity contribution is 6.31. The molecule has 0 bridgehead atoms. The first-order chi connectivity index (χ1) is 24.3. The van der Waals surface area contributed by atoms with Crippen LogP contribution >= 0.6 is 0 Å². The molecule has 0 amide bonds. The Labute approximate surface area is 279 Å². The van der Waals surface area contributed by atoms with Crippen LogP contribution in [0.1, 0.15) is 0 Å². The molecule has 1 aliphatic carbocycles. The maximum absolute atomic E-state index is 6.78. The molecule has 3 aromatic heterocycles. The molecule has 0 unspecified atom stereocenters. The van der Waals surface area contributed by atoms with Gasteiger partial charge in [-0.15, -0.1) is 0 Å². The maximum atomic E-state index is 6.78. The van der Waals surface area contributed by atoms with E-state index in [1.165, 1.54) is 54.8 Å². The van der Waals surface area contributed by atoms with Gasteiger partial charge in [-0.25, -0.2) is 4.98 Å². The van der Waals surface area contributed by atoms with E-state index in [2.05, 4.69) is 120 Å². The third kappa shape index (κ3) is 3.25. The van der Waals surface area contributed by atoms with E-state index in [1.54, 1.807) is 0 Å². The van der Waals surface area contributed by atoms with Crippen LogP contribution in [0.5, 0.6) is 0 Å². The highest BCUT2D eigenvalue weighted by Gasteiger charge is 2.26. The molecular weight excluding hydrogens is 601 g/mol. The average molecular weight is 625 g/mol. The molecule has 4 nitrogen and oxygen atoms in total. The number of nitrogens with zero attached hydrogens (tertiary/aromatic N) is 2. The van der Waals surface area contributed by atoms with Crippen LogP contribution < -0.4 is 0 Å². The zero-order chi connectivity index (χ0) is 31.8. The first kappa shape index (κ1) is 25.4. The molecule has 0 N–H and O–H groups in total. The molecule has 1 aliphatic rings. The summed E-state index contributed by atoms with van der Waals surface area (Å²) in [6.45, 7) is 0. The lowest BCUT2D eigenvalue weighted by Crippen LogP contribution is -1.96. The van der Waals surface area contributed by atoms with Crippen molar-refractivity contribution in [2.24, 2.45) is 0 Å². The van der Waals surface area contributed by atoms with Crippen LogP contribution in [0.15, 0.2) is 154 Å². The van der Waals surface area contributed by atoms with Gasteiger partial charge >= 0.3 is 0 Å². The summed E-state index contributed by atoms with van der Waals surface area (Å²) < 4.78 is 15.5. The van der Waals surface area contributed by atoms with Gasteiger partial charge in [-0.2, -0.15) is 0 Å². The Bertz CT molecular complexity index is 3200. The predicted octanol–water partition coefficient (Wildman–Crippen LogP) is 12.4. The van der Waals surface area contributed by atoms with Crippen molar-refractivity contribution in [1.29, 1.82) is 0 Å². The Morgan fingerprint density at radius 2 is 1.18 bits per heavy atom. The largest absolute Gasteiger partial charge is 0.455 e. The molecular formula is C45H24N2O2. The number of fused-ring (bicyclic) bond motifs is 9. The second-order valence-electron chi connectivity index (χ2n) is 13.1. The molecule has 0 spiro atoms. The number of hydrogen-bond donors (Lipinski definition) is 0. The average Bonchev–Trinajstić information content (AvgIpc) is 3.84. The number of furan rings is 1. The van der Waals surface area contributed by atoms with Crippen molar-refractivity contribution in [3.05, 3.63) is 146 Å². The lowest BCUT2D eigenvalue weighted by Gasteiger charge is -2.15. The Morgan fingerprint density at radius 3 is 2.08 bits per heavy atom. The van der Waals surface area contributed by atoms with Gasteiger partial charge in [-0.1, -0.05) is 97.1 Å². The van der Waals surface area contributed by atoms with E-state index in [0.29, 0.717) is 5.89 Å². The van der Waals surface area contributed by atoms with Crippen molar-refractivity contribution in [2.75, 3.05) is 0 Å². The Hall–Kier alpha value is -6.65. The third-order valence-corrected chi connectivity index (χ3v) is 10.5. The molecule has 0 aliphatic heterocycles. The Morgan fingerprint density at radius 1 is 0.449 bits per heavy atom. The lowest BCUT2D eigenvalue weighted by molar-refractivity contribution is 0.620. The van der Waals surface area contributed by atoms with Crippen molar-refractivity contribution in [3.63, 3.8) is 0 Å². The Balaban J connectivity index is 1.26. The SMILES string of the molecule is c1ccc2c(c1)-c1cccc3ccc4c(c13)c1c-2cccc1n4-c1cc2ccccc2c2oc3ccc(-c4nc5ccccc5o4)cc3c12. The molecule has 0 radical (unpaired) electrons. The number of hydrogen-bond acceptors (Lipinski definition) is 3. The fraction of sp³-hybridized carbons (Fsp3) is 0.